The van der Waals surface area contributed by atoms with Crippen LogP contribution in [0.15, 0.2) is 71.7 Å². The predicted molar refractivity (Wildman–Crippen MR) is 116 cm³/mol. The molecule has 0 saturated carbocycles. The fourth-order valence-corrected chi connectivity index (χ4v) is 2.56. The Hall–Kier alpha value is -2.28. The summed E-state index contributed by atoms with van der Waals surface area (Å²) in [4.78, 5) is 4.39. The average molecular weight is 447 g/mol. The molecule has 4 nitrogen and oxygen atoms in total. The van der Waals surface area contributed by atoms with Gasteiger partial charge in [0.15, 0.2) is 5.96 Å². The van der Waals surface area contributed by atoms with Gasteiger partial charge in [-0.2, -0.15) is 0 Å². The highest BCUT2D eigenvalue weighted by Gasteiger charge is 1.98. The van der Waals surface area contributed by atoms with Crippen LogP contribution in [0, 0.1) is 0 Å². The number of hydrogen-bond donors (Lipinski definition) is 2. The highest BCUT2D eigenvalue weighted by molar-refractivity contribution is 14.0. The highest BCUT2D eigenvalue weighted by atomic mass is 127. The quantitative estimate of drug-likeness (QED) is 0.346. The van der Waals surface area contributed by atoms with E-state index >= 15 is 0 Å². The molecule has 0 unspecified atom stereocenters. The van der Waals surface area contributed by atoms with E-state index in [-0.39, 0.29) is 24.0 Å². The van der Waals surface area contributed by atoms with Crippen molar-refractivity contribution >= 4 is 46.4 Å². The topological polar surface area (TPSA) is 59.6 Å². The van der Waals surface area contributed by atoms with Crippen LogP contribution in [0.25, 0.3) is 10.8 Å². The Kier molecular flexibility index (Phi) is 7.06. The number of halogens is 1. The van der Waals surface area contributed by atoms with E-state index in [1.54, 1.807) is 7.11 Å². The van der Waals surface area contributed by atoms with Gasteiger partial charge in [0, 0.05) is 12.2 Å². The Balaban J connectivity index is 0.00000225. The van der Waals surface area contributed by atoms with Gasteiger partial charge in [0.1, 0.15) is 5.75 Å². The Morgan fingerprint density at radius 1 is 1.00 bits per heavy atom. The summed E-state index contributed by atoms with van der Waals surface area (Å²) in [6.45, 7) is 0.646. The fraction of sp³-hybridized carbons (Fsp3) is 0.150. The van der Waals surface area contributed by atoms with Crippen molar-refractivity contribution in [3.63, 3.8) is 0 Å². The molecular formula is C20H22IN3O. The SMILES string of the molecule is COc1ccc(NC(N)=NCCc2ccc3ccccc3c2)cc1.I. The van der Waals surface area contributed by atoms with Crippen molar-refractivity contribution in [1.29, 1.82) is 0 Å². The lowest BCUT2D eigenvalue weighted by Gasteiger charge is -2.07. The van der Waals surface area contributed by atoms with Gasteiger partial charge in [0.2, 0.25) is 0 Å². The molecular weight excluding hydrogens is 425 g/mol. The summed E-state index contributed by atoms with van der Waals surface area (Å²) < 4.78 is 5.13. The van der Waals surface area contributed by atoms with E-state index in [2.05, 4.69) is 52.8 Å². The Labute approximate surface area is 165 Å². The minimum absolute atomic E-state index is 0. The van der Waals surface area contributed by atoms with Crippen LogP contribution < -0.4 is 15.8 Å². The number of anilines is 1. The van der Waals surface area contributed by atoms with Crippen molar-refractivity contribution in [2.45, 2.75) is 6.42 Å². The monoisotopic (exact) mass is 447 g/mol. The van der Waals surface area contributed by atoms with E-state index in [0.717, 1.165) is 17.9 Å². The van der Waals surface area contributed by atoms with Gasteiger partial charge in [-0.1, -0.05) is 42.5 Å². The maximum Gasteiger partial charge on any atom is 0.193 e. The molecule has 0 aliphatic carbocycles. The van der Waals surface area contributed by atoms with Crippen molar-refractivity contribution < 1.29 is 4.74 Å². The molecule has 0 saturated heterocycles. The van der Waals surface area contributed by atoms with Gasteiger partial charge in [0.25, 0.3) is 0 Å². The smallest absolute Gasteiger partial charge is 0.193 e. The summed E-state index contributed by atoms with van der Waals surface area (Å²) in [5.41, 5.74) is 8.09. The molecule has 0 fully saturated rings. The van der Waals surface area contributed by atoms with Crippen LogP contribution in [0.3, 0.4) is 0 Å². The van der Waals surface area contributed by atoms with Crippen LogP contribution in [0.5, 0.6) is 5.75 Å². The van der Waals surface area contributed by atoms with Crippen LogP contribution in [0.1, 0.15) is 5.56 Å². The number of nitrogens with two attached hydrogens (primary N) is 1. The Morgan fingerprint density at radius 3 is 2.44 bits per heavy atom. The number of benzene rings is 3. The zero-order valence-electron chi connectivity index (χ0n) is 14.1. The van der Waals surface area contributed by atoms with Gasteiger partial charge in [-0.05, 0) is 47.0 Å². The minimum Gasteiger partial charge on any atom is -0.497 e. The lowest BCUT2D eigenvalue weighted by molar-refractivity contribution is 0.415. The van der Waals surface area contributed by atoms with Gasteiger partial charge in [-0.3, -0.25) is 4.99 Å². The largest absolute Gasteiger partial charge is 0.497 e. The molecule has 5 heteroatoms. The molecule has 0 spiro atoms. The number of guanidine groups is 1. The van der Waals surface area contributed by atoms with E-state index in [1.807, 2.05) is 24.3 Å². The zero-order chi connectivity index (χ0) is 16.8. The number of hydrogen-bond acceptors (Lipinski definition) is 2. The molecule has 3 rings (SSSR count). The van der Waals surface area contributed by atoms with Gasteiger partial charge in [-0.25, -0.2) is 0 Å². The molecule has 25 heavy (non-hydrogen) atoms. The second-order valence-electron chi connectivity index (χ2n) is 5.55. The third kappa shape index (κ3) is 5.35. The second kappa shape index (κ2) is 9.27. The molecule has 3 aromatic rings. The van der Waals surface area contributed by atoms with Crippen LogP contribution >= 0.6 is 24.0 Å². The van der Waals surface area contributed by atoms with E-state index in [1.165, 1.54) is 16.3 Å². The average Bonchev–Trinajstić information content (AvgIpc) is 2.62. The van der Waals surface area contributed by atoms with Crippen molar-refractivity contribution in [2.24, 2.45) is 10.7 Å². The van der Waals surface area contributed by atoms with Crippen LogP contribution in [-0.2, 0) is 6.42 Å². The summed E-state index contributed by atoms with van der Waals surface area (Å²) in [7, 11) is 1.64. The van der Waals surface area contributed by atoms with Crippen molar-refractivity contribution in [3.8, 4) is 5.75 Å². The summed E-state index contributed by atoms with van der Waals surface area (Å²) in [5.74, 6) is 1.23. The fourth-order valence-electron chi connectivity index (χ4n) is 2.56. The summed E-state index contributed by atoms with van der Waals surface area (Å²) in [5, 5.41) is 5.59. The maximum absolute atomic E-state index is 5.94. The molecule has 0 heterocycles. The van der Waals surface area contributed by atoms with E-state index < -0.39 is 0 Å². The highest BCUT2D eigenvalue weighted by Crippen LogP contribution is 2.16. The van der Waals surface area contributed by atoms with Gasteiger partial charge in [-0.15, -0.1) is 24.0 Å². The number of nitrogens with one attached hydrogen (secondary N) is 1. The minimum atomic E-state index is 0. The van der Waals surface area contributed by atoms with Gasteiger partial charge >= 0.3 is 0 Å². The molecule has 0 amide bonds. The molecule has 130 valence electrons. The predicted octanol–water partition coefficient (Wildman–Crippen LogP) is 4.44. The second-order valence-corrected chi connectivity index (χ2v) is 5.55. The van der Waals surface area contributed by atoms with Crippen molar-refractivity contribution in [2.75, 3.05) is 19.0 Å². The standard InChI is InChI=1S/C20H21N3O.HI/c1-24-19-10-8-18(9-11-19)23-20(21)22-13-12-15-6-7-16-4-2-3-5-17(16)14-15;/h2-11,14H,12-13H2,1H3,(H3,21,22,23);1H. The van der Waals surface area contributed by atoms with E-state index in [4.69, 9.17) is 10.5 Å². The molecule has 0 aromatic heterocycles. The van der Waals surface area contributed by atoms with Crippen molar-refractivity contribution in [1.82, 2.24) is 0 Å². The summed E-state index contributed by atoms with van der Waals surface area (Å²) in [6, 6.07) is 22.4. The van der Waals surface area contributed by atoms with Gasteiger partial charge < -0.3 is 15.8 Å². The Morgan fingerprint density at radius 2 is 1.72 bits per heavy atom. The van der Waals surface area contributed by atoms with E-state index in [0.29, 0.717) is 12.5 Å². The normalized spacial score (nSPS) is 11.0. The first-order valence-electron chi connectivity index (χ1n) is 7.93. The molecule has 0 bridgehead atoms. The Bertz CT molecular complexity index is 847. The number of methoxy groups -OCH3 is 1. The number of ether oxygens (including phenoxy) is 1. The molecule has 0 atom stereocenters. The number of nitrogens with zero attached hydrogens (tertiary/aromatic N) is 1. The first kappa shape index (κ1) is 19.1. The lowest BCUT2D eigenvalue weighted by atomic mass is 10.1. The van der Waals surface area contributed by atoms with Gasteiger partial charge in [0.05, 0.1) is 7.11 Å². The molecule has 0 radical (unpaired) electrons. The maximum atomic E-state index is 5.94. The number of rotatable bonds is 5. The molecule has 3 aromatic carbocycles. The third-order valence-electron chi connectivity index (χ3n) is 3.86. The molecule has 0 aliphatic rings. The lowest BCUT2D eigenvalue weighted by Crippen LogP contribution is -2.23. The molecule has 0 aliphatic heterocycles. The first-order chi connectivity index (χ1) is 11.7. The van der Waals surface area contributed by atoms with Crippen LogP contribution in [-0.4, -0.2) is 19.6 Å². The number of fused-ring (bicyclic) bond motifs is 1. The van der Waals surface area contributed by atoms with E-state index in [9.17, 15) is 0 Å². The number of aliphatic imine (C=N–C) groups is 1. The molecule has 3 N–H and O–H groups in total. The van der Waals surface area contributed by atoms with Crippen LogP contribution in [0.2, 0.25) is 0 Å². The van der Waals surface area contributed by atoms with Crippen molar-refractivity contribution in [3.05, 3.63) is 72.3 Å². The van der Waals surface area contributed by atoms with Crippen LogP contribution in [0.4, 0.5) is 5.69 Å². The third-order valence-corrected chi connectivity index (χ3v) is 3.86. The summed E-state index contributed by atoms with van der Waals surface area (Å²) in [6.07, 6.45) is 0.857. The summed E-state index contributed by atoms with van der Waals surface area (Å²) >= 11 is 0. The first-order valence-corrected chi connectivity index (χ1v) is 7.93. The zero-order valence-corrected chi connectivity index (χ0v) is 16.4.